The largest absolute Gasteiger partial charge is 0.524 e. The van der Waals surface area contributed by atoms with Gasteiger partial charge in [-0.3, -0.25) is 57.7 Å². The smallest absolute Gasteiger partial charge is 0.481 e. The van der Waals surface area contributed by atoms with E-state index in [0.29, 0.717) is 0 Å². The third-order valence-electron chi connectivity index (χ3n) is 8.69. The Kier molecular flexibility index (Phi) is 23.3. The number of phosphoric ester groups is 1. The maximum absolute atomic E-state index is 13.8. The van der Waals surface area contributed by atoms with Gasteiger partial charge in [-0.1, -0.05) is 32.9 Å². The minimum absolute atomic E-state index is 0.117. The molecule has 0 aliphatic heterocycles. The average Bonchev–Trinajstić information content (AvgIpc) is 3.20. The molecular weight excluding hydrogens is 879 g/mol. The number of aliphatic hydroxyl groups excluding tert-OH is 1. The molecule has 356 valence electrons. The van der Waals surface area contributed by atoms with Crippen molar-refractivity contribution in [2.24, 2.45) is 11.7 Å². The second-order valence-corrected chi connectivity index (χ2v) is 15.4. The number of hydrogen-bond acceptors (Lipinski definition) is 15. The number of aldehydes is 1. The standard InChI is InChI=1S/C36H53N8O19P/c1-4-21(37)31(54)41-24(13-29(52)53)33(56)43-25(16-46)35(58)42-22(11-18-5-8-20(9-6-18)63-64(60,61)62)34(57)44-30(17(2)3)36(59)38-14-26(47)40-23(12-28(50)51)32(55)39-19(15-45)7-10-27(48)49/h5-6,8-9,15,17,19,21-25,30,46H,4,7,10-14,16,37H2,1-3H3,(H,38,59)(H,39,55)(H,40,47)(H,41,54)(H,42,58)(H,43,56)(H,44,57)(H,48,49)(H,50,51)(H,52,53)(H2,60,61,62)/t19-,21-,22-,23-,24-,25-,30-/m0/s1. The lowest BCUT2D eigenvalue weighted by Crippen LogP contribution is -2.60. The second kappa shape index (κ2) is 26.8. The molecule has 7 amide bonds. The van der Waals surface area contributed by atoms with Crippen LogP contribution in [-0.2, 0) is 63.7 Å². The van der Waals surface area contributed by atoms with Crippen molar-refractivity contribution in [1.29, 1.82) is 0 Å². The first-order valence-electron chi connectivity index (χ1n) is 19.2. The minimum atomic E-state index is -4.97. The molecule has 0 unspecified atom stereocenters. The van der Waals surface area contributed by atoms with E-state index in [0.717, 1.165) is 12.1 Å². The van der Waals surface area contributed by atoms with Crippen LogP contribution in [0.2, 0.25) is 0 Å². The molecule has 0 radical (unpaired) electrons. The number of phosphoric acid groups is 1. The molecule has 27 nitrogen and oxygen atoms in total. The molecule has 0 saturated carbocycles. The molecule has 1 aromatic carbocycles. The summed E-state index contributed by atoms with van der Waals surface area (Å²) in [7, 11) is -4.97. The summed E-state index contributed by atoms with van der Waals surface area (Å²) < 4.78 is 15.8. The Labute approximate surface area is 364 Å². The number of aliphatic carboxylic acids is 3. The SMILES string of the molecule is CC[C@H](N)C(=O)N[C@@H](CC(=O)O)C(=O)N[C@@H](CO)C(=O)N[C@@H](Cc1ccc(OP(=O)(O)O)cc1)C(=O)N[C@H](C(=O)NCC(=O)N[C@@H](CC(=O)O)C(=O)N[C@H](C=O)CCC(=O)O)C(C)C. The van der Waals surface area contributed by atoms with Crippen LogP contribution in [-0.4, -0.2) is 151 Å². The van der Waals surface area contributed by atoms with Gasteiger partial charge in [0.15, 0.2) is 0 Å². The molecule has 0 bridgehead atoms. The molecule has 64 heavy (non-hydrogen) atoms. The van der Waals surface area contributed by atoms with Crippen molar-refractivity contribution in [3.63, 3.8) is 0 Å². The zero-order chi connectivity index (χ0) is 48.9. The molecule has 28 heteroatoms. The highest BCUT2D eigenvalue weighted by molar-refractivity contribution is 7.46. The van der Waals surface area contributed by atoms with Crippen molar-refractivity contribution in [1.82, 2.24) is 37.2 Å². The number of hydrogen-bond donors (Lipinski definition) is 14. The van der Waals surface area contributed by atoms with E-state index >= 15 is 0 Å². The van der Waals surface area contributed by atoms with Gasteiger partial charge in [0.25, 0.3) is 0 Å². The number of nitrogens with one attached hydrogen (secondary N) is 7. The normalized spacial score (nSPS) is 14.4. The Morgan fingerprint density at radius 3 is 1.69 bits per heavy atom. The number of nitrogens with two attached hydrogens (primary N) is 1. The van der Waals surface area contributed by atoms with E-state index < -0.39 is 154 Å². The van der Waals surface area contributed by atoms with Crippen molar-refractivity contribution in [2.45, 2.75) is 102 Å². The predicted molar refractivity (Wildman–Crippen MR) is 215 cm³/mol. The van der Waals surface area contributed by atoms with E-state index in [-0.39, 0.29) is 30.4 Å². The van der Waals surface area contributed by atoms with Crippen molar-refractivity contribution in [3.8, 4) is 5.75 Å². The van der Waals surface area contributed by atoms with Crippen LogP contribution >= 0.6 is 7.82 Å². The Balaban J connectivity index is 3.33. The maximum Gasteiger partial charge on any atom is 0.524 e. The summed E-state index contributed by atoms with van der Waals surface area (Å²) in [6, 6.07) is -6.32. The van der Waals surface area contributed by atoms with Gasteiger partial charge in [0.1, 0.15) is 42.2 Å². The predicted octanol–water partition coefficient (Wildman–Crippen LogP) is -4.88. The van der Waals surface area contributed by atoms with E-state index in [9.17, 15) is 72.6 Å². The zero-order valence-corrected chi connectivity index (χ0v) is 35.6. The molecule has 0 spiro atoms. The zero-order valence-electron chi connectivity index (χ0n) is 34.7. The van der Waals surface area contributed by atoms with E-state index in [4.69, 9.17) is 20.6 Å². The van der Waals surface area contributed by atoms with Gasteiger partial charge >= 0.3 is 25.7 Å². The first-order chi connectivity index (χ1) is 29.8. The number of carboxylic acids is 3. The molecule has 0 aromatic heterocycles. The van der Waals surface area contributed by atoms with Crippen LogP contribution < -0.4 is 47.5 Å². The lowest BCUT2D eigenvalue weighted by atomic mass is 10.0. The summed E-state index contributed by atoms with van der Waals surface area (Å²) in [6.45, 7) is 2.46. The van der Waals surface area contributed by atoms with E-state index in [2.05, 4.69) is 41.7 Å². The van der Waals surface area contributed by atoms with Gasteiger partial charge in [-0.15, -0.1) is 0 Å². The van der Waals surface area contributed by atoms with Crippen molar-refractivity contribution in [2.75, 3.05) is 13.2 Å². The monoisotopic (exact) mass is 932 g/mol. The van der Waals surface area contributed by atoms with Gasteiger partial charge < -0.3 is 72.7 Å². The topological polar surface area (TPSA) is 446 Å². The Hall–Kier alpha value is -6.54. The molecule has 0 fully saturated rings. The third-order valence-corrected chi connectivity index (χ3v) is 9.13. The fraction of sp³-hybridized carbons (Fsp3) is 0.528. The van der Waals surface area contributed by atoms with Gasteiger partial charge in [0.2, 0.25) is 41.4 Å². The van der Waals surface area contributed by atoms with Crippen molar-refractivity contribution in [3.05, 3.63) is 29.8 Å². The molecular formula is C36H53N8O19P. The van der Waals surface area contributed by atoms with Crippen LogP contribution in [0.4, 0.5) is 0 Å². The lowest BCUT2D eigenvalue weighted by Gasteiger charge is -2.27. The van der Waals surface area contributed by atoms with Gasteiger partial charge in [-0.25, -0.2) is 4.57 Å². The number of carbonyl (C=O) groups excluding carboxylic acids is 8. The molecule has 15 N–H and O–H groups in total. The van der Waals surface area contributed by atoms with E-state index in [1.807, 2.05) is 0 Å². The molecule has 7 atom stereocenters. The summed E-state index contributed by atoms with van der Waals surface area (Å²) in [5.41, 5.74) is 5.87. The highest BCUT2D eigenvalue weighted by Gasteiger charge is 2.34. The summed E-state index contributed by atoms with van der Waals surface area (Å²) in [5.74, 6) is -13.1. The summed E-state index contributed by atoms with van der Waals surface area (Å²) in [5, 5.41) is 52.8. The average molecular weight is 933 g/mol. The van der Waals surface area contributed by atoms with Gasteiger partial charge in [0.05, 0.1) is 38.1 Å². The Morgan fingerprint density at radius 1 is 0.703 bits per heavy atom. The highest BCUT2D eigenvalue weighted by atomic mass is 31.2. The van der Waals surface area contributed by atoms with Crippen LogP contribution in [0.25, 0.3) is 0 Å². The van der Waals surface area contributed by atoms with Crippen LogP contribution in [0.15, 0.2) is 24.3 Å². The first kappa shape index (κ1) is 55.5. The number of carbonyl (C=O) groups is 11. The first-order valence-corrected chi connectivity index (χ1v) is 20.7. The van der Waals surface area contributed by atoms with E-state index in [1.165, 1.54) is 26.0 Å². The number of benzene rings is 1. The molecule has 0 heterocycles. The van der Waals surface area contributed by atoms with Crippen LogP contribution in [0, 0.1) is 5.92 Å². The molecule has 0 saturated heterocycles. The van der Waals surface area contributed by atoms with Crippen LogP contribution in [0.5, 0.6) is 5.75 Å². The summed E-state index contributed by atoms with van der Waals surface area (Å²) >= 11 is 0. The van der Waals surface area contributed by atoms with Crippen LogP contribution in [0.1, 0.15) is 58.4 Å². The van der Waals surface area contributed by atoms with Crippen molar-refractivity contribution < 1.29 is 92.0 Å². The maximum atomic E-state index is 13.8. The third kappa shape index (κ3) is 21.0. The number of rotatable bonds is 29. The Bertz CT molecular complexity index is 1910. The van der Waals surface area contributed by atoms with Crippen molar-refractivity contribution >= 4 is 73.4 Å². The summed E-state index contributed by atoms with van der Waals surface area (Å²) in [4.78, 5) is 155. The molecule has 1 rings (SSSR count). The van der Waals surface area contributed by atoms with Gasteiger partial charge in [-0.2, -0.15) is 0 Å². The number of aliphatic hydroxyl groups is 1. The molecule has 0 aliphatic rings. The van der Waals surface area contributed by atoms with E-state index in [1.54, 1.807) is 6.92 Å². The van der Waals surface area contributed by atoms with Crippen LogP contribution in [0.3, 0.4) is 0 Å². The minimum Gasteiger partial charge on any atom is -0.481 e. The lowest BCUT2D eigenvalue weighted by molar-refractivity contribution is -0.142. The number of amides is 7. The van der Waals surface area contributed by atoms with Gasteiger partial charge in [-0.05, 0) is 36.5 Å². The fourth-order valence-corrected chi connectivity index (χ4v) is 5.68. The quantitative estimate of drug-likeness (QED) is 0.0264. The van der Waals surface area contributed by atoms with Gasteiger partial charge in [0, 0.05) is 12.8 Å². The second-order valence-electron chi connectivity index (χ2n) is 14.3. The molecule has 1 aromatic rings. The highest BCUT2D eigenvalue weighted by Crippen LogP contribution is 2.37. The summed E-state index contributed by atoms with van der Waals surface area (Å²) in [6.07, 6.45) is -2.91. The molecule has 0 aliphatic carbocycles. The fourth-order valence-electron chi connectivity index (χ4n) is 5.29. The number of carboxylic acid groups (broad SMARTS) is 3. The Morgan fingerprint density at radius 2 is 1.20 bits per heavy atom.